The maximum absolute atomic E-state index is 5.45. The van der Waals surface area contributed by atoms with E-state index in [0.29, 0.717) is 12.6 Å². The fourth-order valence-electron chi connectivity index (χ4n) is 2.01. The van der Waals surface area contributed by atoms with E-state index < -0.39 is 0 Å². The van der Waals surface area contributed by atoms with Crippen LogP contribution < -0.4 is 10.1 Å². The van der Waals surface area contributed by atoms with E-state index in [4.69, 9.17) is 4.74 Å². The minimum Gasteiger partial charge on any atom is -0.494 e. The highest BCUT2D eigenvalue weighted by Crippen LogP contribution is 2.18. The van der Waals surface area contributed by atoms with Gasteiger partial charge in [0.2, 0.25) is 0 Å². The lowest BCUT2D eigenvalue weighted by Gasteiger charge is -2.15. The molecule has 1 aromatic heterocycles. The molecule has 3 heteroatoms. The average Bonchev–Trinajstić information content (AvgIpc) is 2.47. The number of hydrogen-bond donors (Lipinski definition) is 1. The van der Waals surface area contributed by atoms with Crippen LogP contribution in [-0.2, 0) is 6.54 Å². The van der Waals surface area contributed by atoms with Crippen LogP contribution in [0.1, 0.15) is 36.7 Å². The predicted molar refractivity (Wildman–Crippen MR) is 81.8 cm³/mol. The largest absolute Gasteiger partial charge is 0.494 e. The molecule has 1 unspecified atom stereocenters. The van der Waals surface area contributed by atoms with Crippen molar-refractivity contribution in [2.75, 3.05) is 6.61 Å². The Morgan fingerprint density at radius 3 is 2.50 bits per heavy atom. The molecule has 0 aliphatic rings. The molecule has 3 nitrogen and oxygen atoms in total. The van der Waals surface area contributed by atoms with Gasteiger partial charge in [0.15, 0.2) is 0 Å². The van der Waals surface area contributed by atoms with Gasteiger partial charge in [-0.3, -0.25) is 4.98 Å². The smallest absolute Gasteiger partial charge is 0.119 e. The van der Waals surface area contributed by atoms with Gasteiger partial charge in [0.05, 0.1) is 6.61 Å². The number of nitrogens with zero attached hydrogens (tertiary/aromatic N) is 1. The second kappa shape index (κ2) is 7.06. The standard InChI is InChI=1S/C17H22N2O/c1-4-20-17-9-7-16(8-10-17)14(3)19-12-15-6-5-13(2)18-11-15/h5-11,14,19H,4,12H2,1-3H3. The first kappa shape index (κ1) is 14.5. The molecule has 0 aliphatic heterocycles. The van der Waals surface area contributed by atoms with Gasteiger partial charge in [0.1, 0.15) is 5.75 Å². The van der Waals surface area contributed by atoms with Gasteiger partial charge in [-0.2, -0.15) is 0 Å². The minimum atomic E-state index is 0.298. The summed E-state index contributed by atoms with van der Waals surface area (Å²) >= 11 is 0. The molecule has 0 spiro atoms. The van der Waals surface area contributed by atoms with Crippen molar-refractivity contribution in [3.63, 3.8) is 0 Å². The van der Waals surface area contributed by atoms with E-state index in [2.05, 4.69) is 35.4 Å². The predicted octanol–water partition coefficient (Wildman–Crippen LogP) is 3.64. The SMILES string of the molecule is CCOc1ccc(C(C)NCc2ccc(C)nc2)cc1. The molecule has 0 aliphatic carbocycles. The Morgan fingerprint density at radius 1 is 1.15 bits per heavy atom. The maximum atomic E-state index is 5.45. The zero-order valence-electron chi connectivity index (χ0n) is 12.4. The highest BCUT2D eigenvalue weighted by molar-refractivity contribution is 5.29. The first-order valence-electron chi connectivity index (χ1n) is 7.06. The summed E-state index contributed by atoms with van der Waals surface area (Å²) in [6.07, 6.45) is 1.92. The fraction of sp³-hybridized carbons (Fsp3) is 0.353. The Morgan fingerprint density at radius 2 is 1.90 bits per heavy atom. The summed E-state index contributed by atoms with van der Waals surface area (Å²) in [5, 5.41) is 3.51. The molecule has 106 valence electrons. The summed E-state index contributed by atoms with van der Waals surface area (Å²) in [4.78, 5) is 4.31. The second-order valence-electron chi connectivity index (χ2n) is 4.91. The first-order valence-corrected chi connectivity index (χ1v) is 7.06. The molecule has 0 bridgehead atoms. The Balaban J connectivity index is 1.90. The van der Waals surface area contributed by atoms with Gasteiger partial charge in [0.25, 0.3) is 0 Å². The van der Waals surface area contributed by atoms with E-state index in [1.54, 1.807) is 0 Å². The number of pyridine rings is 1. The molecule has 0 radical (unpaired) electrons. The van der Waals surface area contributed by atoms with Crippen LogP contribution >= 0.6 is 0 Å². The van der Waals surface area contributed by atoms with Crippen molar-refractivity contribution in [3.05, 3.63) is 59.4 Å². The van der Waals surface area contributed by atoms with E-state index in [1.807, 2.05) is 38.2 Å². The van der Waals surface area contributed by atoms with Crippen LogP contribution in [0.2, 0.25) is 0 Å². The van der Waals surface area contributed by atoms with E-state index in [9.17, 15) is 0 Å². The van der Waals surface area contributed by atoms with Gasteiger partial charge in [-0.15, -0.1) is 0 Å². The molecule has 0 saturated carbocycles. The van der Waals surface area contributed by atoms with Gasteiger partial charge in [-0.05, 0) is 50.1 Å². The molecular weight excluding hydrogens is 248 g/mol. The highest BCUT2D eigenvalue weighted by Gasteiger charge is 2.05. The third-order valence-electron chi connectivity index (χ3n) is 3.28. The van der Waals surface area contributed by atoms with Crippen molar-refractivity contribution >= 4 is 0 Å². The third kappa shape index (κ3) is 4.07. The Kier molecular flexibility index (Phi) is 5.13. The molecular formula is C17H22N2O. The maximum Gasteiger partial charge on any atom is 0.119 e. The minimum absolute atomic E-state index is 0.298. The fourth-order valence-corrected chi connectivity index (χ4v) is 2.01. The Bertz CT molecular complexity index is 520. The molecule has 0 amide bonds. The third-order valence-corrected chi connectivity index (χ3v) is 3.28. The Labute approximate surface area is 121 Å². The lowest BCUT2D eigenvalue weighted by Crippen LogP contribution is -2.18. The number of rotatable bonds is 6. The number of benzene rings is 1. The topological polar surface area (TPSA) is 34.1 Å². The quantitative estimate of drug-likeness (QED) is 0.870. The van der Waals surface area contributed by atoms with Gasteiger partial charge < -0.3 is 10.1 Å². The normalized spacial score (nSPS) is 12.2. The van der Waals surface area contributed by atoms with Crippen LogP contribution in [0.5, 0.6) is 5.75 Å². The summed E-state index contributed by atoms with van der Waals surface area (Å²) in [6, 6.07) is 12.7. The van der Waals surface area contributed by atoms with Crippen LogP contribution in [0.3, 0.4) is 0 Å². The van der Waals surface area contributed by atoms with Crippen molar-refractivity contribution < 1.29 is 4.74 Å². The molecule has 2 aromatic rings. The molecule has 2 rings (SSSR count). The van der Waals surface area contributed by atoms with E-state index in [1.165, 1.54) is 11.1 Å². The van der Waals surface area contributed by atoms with Crippen LogP contribution in [0.15, 0.2) is 42.6 Å². The zero-order chi connectivity index (χ0) is 14.4. The van der Waals surface area contributed by atoms with Gasteiger partial charge in [-0.25, -0.2) is 0 Å². The summed E-state index contributed by atoms with van der Waals surface area (Å²) in [7, 11) is 0. The van der Waals surface area contributed by atoms with Gasteiger partial charge in [-0.1, -0.05) is 18.2 Å². The first-order chi connectivity index (χ1) is 9.69. The molecule has 1 atom stereocenters. The van der Waals surface area contributed by atoms with Crippen LogP contribution in [0.25, 0.3) is 0 Å². The van der Waals surface area contributed by atoms with Crippen molar-refractivity contribution in [2.24, 2.45) is 0 Å². The van der Waals surface area contributed by atoms with Crippen LogP contribution in [0.4, 0.5) is 0 Å². The molecule has 1 N–H and O–H groups in total. The van der Waals surface area contributed by atoms with Crippen molar-refractivity contribution in [2.45, 2.75) is 33.4 Å². The van der Waals surface area contributed by atoms with Crippen LogP contribution in [-0.4, -0.2) is 11.6 Å². The highest BCUT2D eigenvalue weighted by atomic mass is 16.5. The van der Waals surface area contributed by atoms with E-state index in [0.717, 1.165) is 18.0 Å². The van der Waals surface area contributed by atoms with Crippen molar-refractivity contribution in [1.29, 1.82) is 0 Å². The van der Waals surface area contributed by atoms with E-state index in [-0.39, 0.29) is 0 Å². The summed E-state index contributed by atoms with van der Waals surface area (Å²) in [5.41, 5.74) is 3.51. The van der Waals surface area contributed by atoms with Crippen molar-refractivity contribution in [3.8, 4) is 5.75 Å². The van der Waals surface area contributed by atoms with Gasteiger partial charge >= 0.3 is 0 Å². The second-order valence-corrected chi connectivity index (χ2v) is 4.91. The number of nitrogens with one attached hydrogen (secondary N) is 1. The van der Waals surface area contributed by atoms with Crippen molar-refractivity contribution in [1.82, 2.24) is 10.3 Å². The Hall–Kier alpha value is -1.87. The summed E-state index contributed by atoms with van der Waals surface area (Å²) in [6.45, 7) is 7.68. The average molecular weight is 270 g/mol. The van der Waals surface area contributed by atoms with E-state index >= 15 is 0 Å². The summed E-state index contributed by atoms with van der Waals surface area (Å²) < 4.78 is 5.45. The lowest BCUT2D eigenvalue weighted by molar-refractivity contribution is 0.340. The lowest BCUT2D eigenvalue weighted by atomic mass is 10.1. The molecule has 0 fully saturated rings. The van der Waals surface area contributed by atoms with Gasteiger partial charge in [0, 0.05) is 24.5 Å². The number of hydrogen-bond acceptors (Lipinski definition) is 3. The van der Waals surface area contributed by atoms with Crippen LogP contribution in [0, 0.1) is 6.92 Å². The molecule has 1 aromatic carbocycles. The number of aryl methyl sites for hydroxylation is 1. The molecule has 1 heterocycles. The zero-order valence-corrected chi connectivity index (χ0v) is 12.4. The molecule has 20 heavy (non-hydrogen) atoms. The number of aromatic nitrogens is 1. The monoisotopic (exact) mass is 270 g/mol. The molecule has 0 saturated heterocycles. The summed E-state index contributed by atoms with van der Waals surface area (Å²) in [5.74, 6) is 0.922. The number of ether oxygens (including phenoxy) is 1.